The highest BCUT2D eigenvalue weighted by Crippen LogP contribution is 2.33. The second kappa shape index (κ2) is 6.50. The van der Waals surface area contributed by atoms with E-state index in [1.807, 2.05) is 50.0 Å². The van der Waals surface area contributed by atoms with Crippen molar-refractivity contribution in [3.8, 4) is 0 Å². The fourth-order valence-corrected chi connectivity index (χ4v) is 3.23. The number of rotatable bonds is 3. The van der Waals surface area contributed by atoms with Gasteiger partial charge in [0.2, 0.25) is 5.95 Å². The SMILES string of the molecule is Cc1nc2n(n1)[C@@H](c1ccc(N(C)C)cc1)C=C(c1ccc(Cl)cc1)N2. The Morgan fingerprint density at radius 3 is 2.38 bits per heavy atom. The second-order valence-corrected chi connectivity index (χ2v) is 7.01. The molecule has 0 aliphatic carbocycles. The Labute approximate surface area is 157 Å². The Kier molecular flexibility index (Phi) is 4.17. The van der Waals surface area contributed by atoms with Gasteiger partial charge in [0, 0.05) is 30.5 Å². The lowest BCUT2D eigenvalue weighted by Crippen LogP contribution is -2.20. The van der Waals surface area contributed by atoms with Gasteiger partial charge in [-0.05, 0) is 48.4 Å². The Morgan fingerprint density at radius 1 is 1.04 bits per heavy atom. The second-order valence-electron chi connectivity index (χ2n) is 6.57. The molecule has 0 saturated carbocycles. The van der Waals surface area contributed by atoms with Gasteiger partial charge in [0.1, 0.15) is 11.9 Å². The van der Waals surface area contributed by atoms with Crippen LogP contribution in [0.15, 0.2) is 54.6 Å². The van der Waals surface area contributed by atoms with Crippen LogP contribution in [0.3, 0.4) is 0 Å². The van der Waals surface area contributed by atoms with E-state index in [0.717, 1.165) is 33.6 Å². The van der Waals surface area contributed by atoms with E-state index < -0.39 is 0 Å². The zero-order chi connectivity index (χ0) is 18.3. The minimum Gasteiger partial charge on any atom is -0.378 e. The molecule has 4 rings (SSSR count). The van der Waals surface area contributed by atoms with Crippen LogP contribution in [0.2, 0.25) is 5.02 Å². The molecule has 1 atom stereocenters. The number of aryl methyl sites for hydroxylation is 1. The lowest BCUT2D eigenvalue weighted by atomic mass is 10.0. The van der Waals surface area contributed by atoms with Crippen molar-refractivity contribution in [2.75, 3.05) is 24.3 Å². The molecule has 0 bridgehead atoms. The first kappa shape index (κ1) is 16.7. The van der Waals surface area contributed by atoms with Gasteiger partial charge in [-0.15, -0.1) is 0 Å². The molecule has 0 saturated heterocycles. The quantitative estimate of drug-likeness (QED) is 0.749. The number of halogens is 1. The van der Waals surface area contributed by atoms with Gasteiger partial charge in [-0.1, -0.05) is 35.9 Å². The fraction of sp³-hybridized carbons (Fsp3) is 0.200. The number of aromatic nitrogens is 3. The maximum Gasteiger partial charge on any atom is 0.226 e. The van der Waals surface area contributed by atoms with Crippen LogP contribution < -0.4 is 10.2 Å². The monoisotopic (exact) mass is 365 g/mol. The summed E-state index contributed by atoms with van der Waals surface area (Å²) in [6, 6.07) is 16.3. The number of allylic oxidation sites excluding steroid dienone is 1. The van der Waals surface area contributed by atoms with Crippen molar-refractivity contribution in [1.29, 1.82) is 0 Å². The van der Waals surface area contributed by atoms with E-state index in [4.69, 9.17) is 11.6 Å². The summed E-state index contributed by atoms with van der Waals surface area (Å²) < 4.78 is 1.93. The lowest BCUT2D eigenvalue weighted by Gasteiger charge is -2.25. The highest BCUT2D eigenvalue weighted by atomic mass is 35.5. The summed E-state index contributed by atoms with van der Waals surface area (Å²) in [4.78, 5) is 6.62. The predicted octanol–water partition coefficient (Wildman–Crippen LogP) is 4.36. The molecule has 1 aliphatic heterocycles. The van der Waals surface area contributed by atoms with E-state index in [0.29, 0.717) is 0 Å². The van der Waals surface area contributed by atoms with Gasteiger partial charge in [-0.3, -0.25) is 0 Å². The van der Waals surface area contributed by atoms with Crippen LogP contribution in [-0.2, 0) is 0 Å². The Morgan fingerprint density at radius 2 is 1.73 bits per heavy atom. The topological polar surface area (TPSA) is 46.0 Å². The molecule has 0 fully saturated rings. The number of hydrogen-bond donors (Lipinski definition) is 1. The first-order chi connectivity index (χ1) is 12.5. The molecule has 0 amide bonds. The van der Waals surface area contributed by atoms with E-state index in [-0.39, 0.29) is 6.04 Å². The average Bonchev–Trinajstić information content (AvgIpc) is 3.01. The molecule has 0 spiro atoms. The van der Waals surface area contributed by atoms with Crippen LogP contribution in [0.25, 0.3) is 5.70 Å². The average molecular weight is 366 g/mol. The molecular weight excluding hydrogens is 346 g/mol. The Hall–Kier alpha value is -2.79. The van der Waals surface area contributed by atoms with Gasteiger partial charge >= 0.3 is 0 Å². The van der Waals surface area contributed by atoms with Crippen molar-refractivity contribution in [3.63, 3.8) is 0 Å². The van der Waals surface area contributed by atoms with Crippen molar-refractivity contribution < 1.29 is 0 Å². The van der Waals surface area contributed by atoms with E-state index in [9.17, 15) is 0 Å². The smallest absolute Gasteiger partial charge is 0.226 e. The standard InChI is InChI=1S/C20H20ClN5/c1-13-22-20-23-18(14-4-8-16(21)9-5-14)12-19(26(20)24-13)15-6-10-17(11-7-15)25(2)3/h4-12,19H,1-3H3,(H,22,23,24)/t19-/m1/s1. The third-order valence-electron chi connectivity index (χ3n) is 4.48. The van der Waals surface area contributed by atoms with Gasteiger partial charge in [-0.2, -0.15) is 10.1 Å². The van der Waals surface area contributed by atoms with E-state index in [1.165, 1.54) is 5.69 Å². The minimum atomic E-state index is -0.0191. The Balaban J connectivity index is 1.78. The highest BCUT2D eigenvalue weighted by Gasteiger charge is 2.24. The molecule has 0 radical (unpaired) electrons. The number of anilines is 2. The maximum absolute atomic E-state index is 6.03. The first-order valence-corrected chi connectivity index (χ1v) is 8.84. The van der Waals surface area contributed by atoms with Crippen LogP contribution in [0.4, 0.5) is 11.6 Å². The zero-order valence-corrected chi connectivity index (χ0v) is 15.7. The van der Waals surface area contributed by atoms with Gasteiger partial charge in [0.25, 0.3) is 0 Å². The number of nitrogens with one attached hydrogen (secondary N) is 1. The third kappa shape index (κ3) is 3.06. The minimum absolute atomic E-state index is 0.0191. The van der Waals surface area contributed by atoms with E-state index in [2.05, 4.69) is 50.6 Å². The number of benzene rings is 2. The molecule has 1 aromatic heterocycles. The van der Waals surface area contributed by atoms with Gasteiger partial charge in [0.05, 0.1) is 0 Å². The van der Waals surface area contributed by atoms with Crippen LogP contribution >= 0.6 is 11.6 Å². The molecule has 1 N–H and O–H groups in total. The summed E-state index contributed by atoms with van der Waals surface area (Å²) in [5.74, 6) is 1.49. The largest absolute Gasteiger partial charge is 0.378 e. The highest BCUT2D eigenvalue weighted by molar-refractivity contribution is 6.30. The normalized spacial score (nSPS) is 15.8. The molecule has 1 aliphatic rings. The fourth-order valence-electron chi connectivity index (χ4n) is 3.10. The van der Waals surface area contributed by atoms with Crippen LogP contribution in [-0.4, -0.2) is 28.9 Å². The number of nitrogens with zero attached hydrogens (tertiary/aromatic N) is 4. The van der Waals surface area contributed by atoms with Crippen LogP contribution in [0, 0.1) is 6.92 Å². The number of hydrogen-bond acceptors (Lipinski definition) is 4. The summed E-state index contributed by atoms with van der Waals surface area (Å²) in [7, 11) is 4.08. The van der Waals surface area contributed by atoms with Crippen molar-refractivity contribution in [2.45, 2.75) is 13.0 Å². The molecule has 6 heteroatoms. The number of fused-ring (bicyclic) bond motifs is 1. The summed E-state index contributed by atoms with van der Waals surface area (Å²) in [6.07, 6.45) is 2.18. The molecule has 3 aromatic rings. The summed E-state index contributed by atoms with van der Waals surface area (Å²) in [5, 5.41) is 8.68. The molecule has 26 heavy (non-hydrogen) atoms. The van der Waals surface area contributed by atoms with Crippen molar-refractivity contribution in [1.82, 2.24) is 14.8 Å². The maximum atomic E-state index is 6.03. The van der Waals surface area contributed by atoms with Crippen LogP contribution in [0.5, 0.6) is 0 Å². The molecule has 132 valence electrons. The molecule has 5 nitrogen and oxygen atoms in total. The first-order valence-electron chi connectivity index (χ1n) is 8.46. The lowest BCUT2D eigenvalue weighted by molar-refractivity contribution is 0.607. The van der Waals surface area contributed by atoms with Crippen molar-refractivity contribution >= 4 is 28.9 Å². The molecule has 2 aromatic carbocycles. The summed E-state index contributed by atoms with van der Waals surface area (Å²) in [6.45, 7) is 1.90. The van der Waals surface area contributed by atoms with Gasteiger partial charge in [-0.25, -0.2) is 4.68 Å². The molecular formula is C20H20ClN5. The van der Waals surface area contributed by atoms with Gasteiger partial charge < -0.3 is 10.2 Å². The summed E-state index contributed by atoms with van der Waals surface area (Å²) in [5.41, 5.74) is 4.40. The molecule has 0 unspecified atom stereocenters. The molecule has 2 heterocycles. The van der Waals surface area contributed by atoms with E-state index in [1.54, 1.807) is 0 Å². The van der Waals surface area contributed by atoms with E-state index >= 15 is 0 Å². The Bertz CT molecular complexity index is 955. The third-order valence-corrected chi connectivity index (χ3v) is 4.73. The van der Waals surface area contributed by atoms with Crippen molar-refractivity contribution in [3.05, 3.63) is 76.6 Å². The zero-order valence-electron chi connectivity index (χ0n) is 14.9. The summed E-state index contributed by atoms with van der Waals surface area (Å²) >= 11 is 6.03. The van der Waals surface area contributed by atoms with Crippen LogP contribution in [0.1, 0.15) is 23.0 Å². The van der Waals surface area contributed by atoms with Gasteiger partial charge in [0.15, 0.2) is 0 Å². The predicted molar refractivity (Wildman–Crippen MR) is 107 cm³/mol. The van der Waals surface area contributed by atoms with Crippen molar-refractivity contribution in [2.24, 2.45) is 0 Å².